The first kappa shape index (κ1) is 11.2. The first-order valence-electron chi connectivity index (χ1n) is 4.89. The zero-order valence-corrected chi connectivity index (χ0v) is 9.35. The Bertz CT molecular complexity index is 263. The van der Waals surface area contributed by atoms with Crippen LogP contribution in [0.2, 0.25) is 0 Å². The standard InChI is InChI=1S/C10H19N3O/c1-7(14-4)5-11-6-10-8(2)12-13-9(10)3/h7,11H,5-6H2,1-4H3,(H,12,13). The molecule has 0 aliphatic carbocycles. The lowest BCUT2D eigenvalue weighted by Gasteiger charge is -2.10. The summed E-state index contributed by atoms with van der Waals surface area (Å²) in [5.74, 6) is 0. The molecule has 1 aromatic rings. The van der Waals surface area contributed by atoms with Crippen LogP contribution in [0.15, 0.2) is 0 Å². The van der Waals surface area contributed by atoms with Gasteiger partial charge >= 0.3 is 0 Å². The lowest BCUT2D eigenvalue weighted by molar-refractivity contribution is 0.117. The summed E-state index contributed by atoms with van der Waals surface area (Å²) in [6.45, 7) is 7.81. The van der Waals surface area contributed by atoms with Crippen LogP contribution in [0.5, 0.6) is 0 Å². The van der Waals surface area contributed by atoms with Gasteiger partial charge in [0.25, 0.3) is 0 Å². The normalized spacial score (nSPS) is 13.1. The SMILES string of the molecule is COC(C)CNCc1c(C)n[nH]c1C. The van der Waals surface area contributed by atoms with Crippen LogP contribution in [0.25, 0.3) is 0 Å². The van der Waals surface area contributed by atoms with Gasteiger partial charge in [0.05, 0.1) is 11.8 Å². The number of aromatic nitrogens is 2. The van der Waals surface area contributed by atoms with Crippen molar-refractivity contribution >= 4 is 0 Å². The van der Waals surface area contributed by atoms with E-state index in [0.29, 0.717) is 0 Å². The molecule has 4 nitrogen and oxygen atoms in total. The van der Waals surface area contributed by atoms with Gasteiger partial charge < -0.3 is 10.1 Å². The maximum absolute atomic E-state index is 5.14. The Labute approximate surface area is 85.0 Å². The van der Waals surface area contributed by atoms with E-state index in [-0.39, 0.29) is 6.10 Å². The first-order valence-corrected chi connectivity index (χ1v) is 4.89. The number of aromatic amines is 1. The predicted octanol–water partition coefficient (Wildman–Crippen LogP) is 1.15. The van der Waals surface area contributed by atoms with E-state index >= 15 is 0 Å². The fraction of sp³-hybridized carbons (Fsp3) is 0.700. The molecule has 2 N–H and O–H groups in total. The number of H-pyrrole nitrogens is 1. The molecular weight excluding hydrogens is 178 g/mol. The number of hydrogen-bond donors (Lipinski definition) is 2. The minimum Gasteiger partial charge on any atom is -0.380 e. The molecule has 1 unspecified atom stereocenters. The molecule has 4 heteroatoms. The lowest BCUT2D eigenvalue weighted by atomic mass is 10.2. The third kappa shape index (κ3) is 2.82. The molecule has 1 aromatic heterocycles. The van der Waals surface area contributed by atoms with Gasteiger partial charge in [-0.2, -0.15) is 5.10 Å². The van der Waals surface area contributed by atoms with Gasteiger partial charge in [-0.05, 0) is 20.8 Å². The molecule has 1 atom stereocenters. The van der Waals surface area contributed by atoms with E-state index in [0.717, 1.165) is 24.5 Å². The molecule has 1 heterocycles. The highest BCUT2D eigenvalue weighted by Crippen LogP contribution is 2.08. The maximum Gasteiger partial charge on any atom is 0.0667 e. The third-order valence-corrected chi connectivity index (χ3v) is 2.42. The Balaban J connectivity index is 2.38. The summed E-state index contributed by atoms with van der Waals surface area (Å²) >= 11 is 0. The molecule has 0 aliphatic rings. The van der Waals surface area contributed by atoms with E-state index in [1.165, 1.54) is 5.56 Å². The van der Waals surface area contributed by atoms with Crippen molar-refractivity contribution in [1.29, 1.82) is 0 Å². The predicted molar refractivity (Wildman–Crippen MR) is 56.2 cm³/mol. The second-order valence-corrected chi connectivity index (χ2v) is 3.59. The average Bonchev–Trinajstić information content (AvgIpc) is 2.48. The van der Waals surface area contributed by atoms with Gasteiger partial charge in [-0.1, -0.05) is 0 Å². The molecule has 0 radical (unpaired) electrons. The van der Waals surface area contributed by atoms with E-state index < -0.39 is 0 Å². The number of ether oxygens (including phenoxy) is 1. The summed E-state index contributed by atoms with van der Waals surface area (Å²) in [6, 6.07) is 0. The molecular formula is C10H19N3O. The molecule has 0 spiro atoms. The van der Waals surface area contributed by atoms with Crippen molar-refractivity contribution in [2.24, 2.45) is 0 Å². The Morgan fingerprint density at radius 2 is 2.21 bits per heavy atom. The van der Waals surface area contributed by atoms with Crippen molar-refractivity contribution in [2.45, 2.75) is 33.4 Å². The molecule has 0 saturated carbocycles. The minimum atomic E-state index is 0.252. The Hall–Kier alpha value is -0.870. The number of nitrogens with one attached hydrogen (secondary N) is 2. The van der Waals surface area contributed by atoms with E-state index in [4.69, 9.17) is 4.74 Å². The highest BCUT2D eigenvalue weighted by atomic mass is 16.5. The van der Waals surface area contributed by atoms with Gasteiger partial charge in [0, 0.05) is 31.5 Å². The number of nitrogens with zero attached hydrogens (tertiary/aromatic N) is 1. The van der Waals surface area contributed by atoms with Crippen LogP contribution in [0.1, 0.15) is 23.9 Å². The summed E-state index contributed by atoms with van der Waals surface area (Å²) in [5.41, 5.74) is 3.47. The van der Waals surface area contributed by atoms with E-state index in [1.807, 2.05) is 20.8 Å². The van der Waals surface area contributed by atoms with Crippen LogP contribution >= 0.6 is 0 Å². The fourth-order valence-electron chi connectivity index (χ4n) is 1.32. The molecule has 0 aliphatic heterocycles. The van der Waals surface area contributed by atoms with Gasteiger partial charge in [-0.15, -0.1) is 0 Å². The van der Waals surface area contributed by atoms with Crippen LogP contribution in [-0.4, -0.2) is 30.0 Å². The fourth-order valence-corrected chi connectivity index (χ4v) is 1.32. The quantitative estimate of drug-likeness (QED) is 0.744. The number of rotatable bonds is 5. The van der Waals surface area contributed by atoms with Crippen LogP contribution in [-0.2, 0) is 11.3 Å². The lowest BCUT2D eigenvalue weighted by Crippen LogP contribution is -2.25. The highest BCUT2D eigenvalue weighted by Gasteiger charge is 2.06. The summed E-state index contributed by atoms with van der Waals surface area (Å²) in [6.07, 6.45) is 0.252. The third-order valence-electron chi connectivity index (χ3n) is 2.42. The molecule has 0 bridgehead atoms. The smallest absolute Gasteiger partial charge is 0.0667 e. The van der Waals surface area contributed by atoms with Crippen molar-refractivity contribution in [2.75, 3.05) is 13.7 Å². The molecule has 0 fully saturated rings. The zero-order valence-electron chi connectivity index (χ0n) is 9.35. The van der Waals surface area contributed by atoms with Crippen LogP contribution < -0.4 is 5.32 Å². The van der Waals surface area contributed by atoms with Crippen LogP contribution in [0.3, 0.4) is 0 Å². The van der Waals surface area contributed by atoms with Crippen LogP contribution in [0.4, 0.5) is 0 Å². The Morgan fingerprint density at radius 3 is 2.71 bits per heavy atom. The maximum atomic E-state index is 5.14. The molecule has 0 saturated heterocycles. The summed E-state index contributed by atoms with van der Waals surface area (Å²) in [5, 5.41) is 10.4. The monoisotopic (exact) mass is 197 g/mol. The average molecular weight is 197 g/mol. The van der Waals surface area contributed by atoms with Crippen molar-refractivity contribution in [3.8, 4) is 0 Å². The van der Waals surface area contributed by atoms with Gasteiger partial charge in [0.2, 0.25) is 0 Å². The number of aryl methyl sites for hydroxylation is 2. The van der Waals surface area contributed by atoms with Gasteiger partial charge in [0.15, 0.2) is 0 Å². The topological polar surface area (TPSA) is 49.9 Å². The van der Waals surface area contributed by atoms with Crippen molar-refractivity contribution < 1.29 is 4.74 Å². The van der Waals surface area contributed by atoms with Crippen molar-refractivity contribution in [1.82, 2.24) is 15.5 Å². The Kier molecular flexibility index (Phi) is 4.10. The minimum absolute atomic E-state index is 0.252. The second-order valence-electron chi connectivity index (χ2n) is 3.59. The molecule has 1 rings (SSSR count). The van der Waals surface area contributed by atoms with Gasteiger partial charge in [-0.25, -0.2) is 0 Å². The van der Waals surface area contributed by atoms with Crippen LogP contribution in [0, 0.1) is 13.8 Å². The molecule has 0 aromatic carbocycles. The largest absolute Gasteiger partial charge is 0.380 e. The molecule has 14 heavy (non-hydrogen) atoms. The number of methoxy groups -OCH3 is 1. The Morgan fingerprint density at radius 1 is 1.50 bits per heavy atom. The summed E-state index contributed by atoms with van der Waals surface area (Å²) in [4.78, 5) is 0. The van der Waals surface area contributed by atoms with E-state index in [2.05, 4.69) is 15.5 Å². The zero-order chi connectivity index (χ0) is 10.6. The van der Waals surface area contributed by atoms with Crippen molar-refractivity contribution in [3.63, 3.8) is 0 Å². The van der Waals surface area contributed by atoms with Gasteiger partial charge in [0.1, 0.15) is 0 Å². The van der Waals surface area contributed by atoms with Crippen molar-refractivity contribution in [3.05, 3.63) is 17.0 Å². The second kappa shape index (κ2) is 5.12. The van der Waals surface area contributed by atoms with E-state index in [9.17, 15) is 0 Å². The molecule has 80 valence electrons. The number of hydrogen-bond acceptors (Lipinski definition) is 3. The van der Waals surface area contributed by atoms with E-state index in [1.54, 1.807) is 7.11 Å². The highest BCUT2D eigenvalue weighted by molar-refractivity contribution is 5.22. The summed E-state index contributed by atoms with van der Waals surface area (Å²) < 4.78 is 5.14. The summed E-state index contributed by atoms with van der Waals surface area (Å²) in [7, 11) is 1.72. The molecule has 0 amide bonds. The van der Waals surface area contributed by atoms with Gasteiger partial charge in [-0.3, -0.25) is 5.10 Å². The first-order chi connectivity index (χ1) is 6.65.